The lowest BCUT2D eigenvalue weighted by Gasteiger charge is -2.26. The first-order valence-electron chi connectivity index (χ1n) is 5.82. The van der Waals surface area contributed by atoms with Gasteiger partial charge in [0.25, 0.3) is 0 Å². The highest BCUT2D eigenvalue weighted by Gasteiger charge is 2.11. The molecule has 1 rings (SSSR count). The topological polar surface area (TPSA) is 74.7 Å². The number of pyridine rings is 1. The lowest BCUT2D eigenvalue weighted by Crippen LogP contribution is -2.33. The van der Waals surface area contributed by atoms with E-state index in [1.807, 2.05) is 12.3 Å². The second-order valence-electron chi connectivity index (χ2n) is 4.42. The molecule has 0 amide bonds. The molecule has 0 aliphatic carbocycles. The summed E-state index contributed by atoms with van der Waals surface area (Å²) in [5, 5.41) is 11.5. The van der Waals surface area contributed by atoms with Crippen molar-refractivity contribution in [3.63, 3.8) is 0 Å². The largest absolute Gasteiger partial charge is 0.409 e. The summed E-state index contributed by atoms with van der Waals surface area (Å²) < 4.78 is 0.972. The highest BCUT2D eigenvalue weighted by atomic mass is 79.9. The van der Waals surface area contributed by atoms with Crippen molar-refractivity contribution >= 4 is 21.8 Å². The number of nitrogens with two attached hydrogens (primary N) is 1. The molecule has 1 aromatic heterocycles. The van der Waals surface area contributed by atoms with Crippen LogP contribution in [0.4, 0.5) is 0 Å². The first kappa shape index (κ1) is 14.9. The van der Waals surface area contributed by atoms with Gasteiger partial charge in [0.1, 0.15) is 5.84 Å². The second kappa shape index (κ2) is 7.33. The van der Waals surface area contributed by atoms with Crippen molar-refractivity contribution in [2.45, 2.75) is 32.9 Å². The molecule has 3 N–H and O–H groups in total. The smallest absolute Gasteiger partial charge is 0.140 e. The third-order valence-corrected chi connectivity index (χ3v) is 3.09. The van der Waals surface area contributed by atoms with Crippen LogP contribution in [0.3, 0.4) is 0 Å². The average Bonchev–Trinajstić information content (AvgIpc) is 2.33. The van der Waals surface area contributed by atoms with Crippen LogP contribution in [0, 0.1) is 0 Å². The van der Waals surface area contributed by atoms with E-state index in [9.17, 15) is 0 Å². The number of rotatable bonds is 6. The molecule has 1 aromatic rings. The maximum atomic E-state index is 8.54. The molecular formula is C12H19BrN4O. The highest BCUT2D eigenvalue weighted by Crippen LogP contribution is 2.13. The predicted octanol–water partition coefficient (Wildman–Crippen LogP) is 2.19. The van der Waals surface area contributed by atoms with Gasteiger partial charge in [-0.2, -0.15) is 0 Å². The fourth-order valence-corrected chi connectivity index (χ4v) is 2.02. The summed E-state index contributed by atoms with van der Waals surface area (Å²) in [5.41, 5.74) is 6.63. The zero-order valence-electron chi connectivity index (χ0n) is 10.7. The average molecular weight is 315 g/mol. The predicted molar refractivity (Wildman–Crippen MR) is 75.5 cm³/mol. The first-order chi connectivity index (χ1) is 8.52. The third-order valence-electron chi connectivity index (χ3n) is 2.66. The van der Waals surface area contributed by atoms with E-state index < -0.39 is 0 Å². The first-order valence-corrected chi connectivity index (χ1v) is 6.62. The van der Waals surface area contributed by atoms with Crippen LogP contribution in [-0.2, 0) is 6.54 Å². The molecule has 0 atom stereocenters. The fourth-order valence-electron chi connectivity index (χ4n) is 1.60. The number of hydrogen-bond acceptors (Lipinski definition) is 4. The molecule has 0 fully saturated rings. The Labute approximate surface area is 116 Å². The Morgan fingerprint density at radius 2 is 2.28 bits per heavy atom. The van der Waals surface area contributed by atoms with Crippen molar-refractivity contribution in [1.82, 2.24) is 9.88 Å². The lowest BCUT2D eigenvalue weighted by atomic mass is 10.2. The molecule has 0 saturated carbocycles. The summed E-state index contributed by atoms with van der Waals surface area (Å²) in [6.45, 7) is 5.79. The molecular weight excluding hydrogens is 296 g/mol. The normalized spacial score (nSPS) is 12.4. The number of halogens is 1. The number of hydrogen-bond donors (Lipinski definition) is 2. The summed E-state index contributed by atoms with van der Waals surface area (Å²) in [5.74, 6) is 0.257. The number of aromatic nitrogens is 1. The summed E-state index contributed by atoms with van der Waals surface area (Å²) in [6, 6.07) is 2.43. The molecule has 6 heteroatoms. The molecule has 18 heavy (non-hydrogen) atoms. The van der Waals surface area contributed by atoms with E-state index in [4.69, 9.17) is 10.9 Å². The third kappa shape index (κ3) is 5.01. The summed E-state index contributed by atoms with van der Waals surface area (Å²) in [6.07, 6.45) is 4.17. The van der Waals surface area contributed by atoms with Gasteiger partial charge >= 0.3 is 0 Å². The van der Waals surface area contributed by atoms with Crippen LogP contribution in [0.15, 0.2) is 28.1 Å². The molecule has 1 heterocycles. The van der Waals surface area contributed by atoms with Crippen LogP contribution in [0.2, 0.25) is 0 Å². The van der Waals surface area contributed by atoms with Crippen LogP contribution in [0.1, 0.15) is 25.8 Å². The van der Waals surface area contributed by atoms with Crippen molar-refractivity contribution in [3.05, 3.63) is 28.5 Å². The van der Waals surface area contributed by atoms with Crippen LogP contribution in [-0.4, -0.2) is 33.5 Å². The SMILES string of the molecule is CC(C)N(CC/C(N)=N/O)Cc1cncc(Br)c1. The maximum absolute atomic E-state index is 8.54. The van der Waals surface area contributed by atoms with Crippen LogP contribution in [0.25, 0.3) is 0 Å². The molecule has 0 unspecified atom stereocenters. The number of oxime groups is 1. The van der Waals surface area contributed by atoms with Crippen molar-refractivity contribution in [2.24, 2.45) is 10.9 Å². The minimum absolute atomic E-state index is 0.257. The van der Waals surface area contributed by atoms with Gasteiger partial charge in [0, 0.05) is 42.4 Å². The lowest BCUT2D eigenvalue weighted by molar-refractivity contribution is 0.217. The van der Waals surface area contributed by atoms with Gasteiger partial charge in [-0.3, -0.25) is 9.88 Å². The van der Waals surface area contributed by atoms with E-state index in [1.54, 1.807) is 6.20 Å². The van der Waals surface area contributed by atoms with Crippen LogP contribution >= 0.6 is 15.9 Å². The van der Waals surface area contributed by atoms with Gasteiger partial charge in [-0.15, -0.1) is 0 Å². The Morgan fingerprint density at radius 1 is 1.56 bits per heavy atom. The van der Waals surface area contributed by atoms with Crippen molar-refractivity contribution in [1.29, 1.82) is 0 Å². The molecule has 0 aliphatic heterocycles. The van der Waals surface area contributed by atoms with Gasteiger partial charge in [-0.25, -0.2) is 0 Å². The van der Waals surface area contributed by atoms with Crippen molar-refractivity contribution < 1.29 is 5.21 Å². The van der Waals surface area contributed by atoms with Gasteiger partial charge < -0.3 is 10.9 Å². The standard InChI is InChI=1S/C12H19BrN4O/c1-9(2)17(4-3-12(14)16-18)8-10-5-11(13)7-15-6-10/h5-7,9,18H,3-4,8H2,1-2H3,(H2,14,16). The van der Waals surface area contributed by atoms with Gasteiger partial charge in [-0.05, 0) is 41.4 Å². The second-order valence-corrected chi connectivity index (χ2v) is 5.33. The Morgan fingerprint density at radius 3 is 2.83 bits per heavy atom. The van der Waals surface area contributed by atoms with Gasteiger partial charge in [-0.1, -0.05) is 5.16 Å². The fraction of sp³-hybridized carbons (Fsp3) is 0.500. The Bertz CT molecular complexity index is 409. The van der Waals surface area contributed by atoms with Gasteiger partial charge in [0.15, 0.2) is 0 Å². The zero-order chi connectivity index (χ0) is 13.5. The van der Waals surface area contributed by atoms with Crippen LogP contribution < -0.4 is 5.73 Å². The molecule has 100 valence electrons. The minimum Gasteiger partial charge on any atom is -0.409 e. The summed E-state index contributed by atoms with van der Waals surface area (Å²) in [7, 11) is 0. The monoisotopic (exact) mass is 314 g/mol. The van der Waals surface area contributed by atoms with E-state index in [1.165, 1.54) is 0 Å². The zero-order valence-corrected chi connectivity index (χ0v) is 12.3. The maximum Gasteiger partial charge on any atom is 0.140 e. The molecule has 0 aromatic carbocycles. The van der Waals surface area contributed by atoms with Crippen LogP contribution in [0.5, 0.6) is 0 Å². The Kier molecular flexibility index (Phi) is 6.07. The molecule has 0 radical (unpaired) electrons. The molecule has 0 saturated heterocycles. The number of amidine groups is 1. The molecule has 5 nitrogen and oxygen atoms in total. The van der Waals surface area contributed by atoms with Crippen molar-refractivity contribution in [3.8, 4) is 0 Å². The van der Waals surface area contributed by atoms with E-state index in [2.05, 4.69) is 44.8 Å². The van der Waals surface area contributed by atoms with E-state index >= 15 is 0 Å². The Balaban J connectivity index is 2.63. The quantitative estimate of drug-likeness (QED) is 0.365. The van der Waals surface area contributed by atoms with E-state index in [-0.39, 0.29) is 5.84 Å². The molecule has 0 aliphatic rings. The van der Waals surface area contributed by atoms with E-state index in [0.29, 0.717) is 12.5 Å². The minimum atomic E-state index is 0.257. The summed E-state index contributed by atoms with van der Waals surface area (Å²) in [4.78, 5) is 6.40. The van der Waals surface area contributed by atoms with E-state index in [0.717, 1.165) is 23.1 Å². The molecule has 0 spiro atoms. The highest BCUT2D eigenvalue weighted by molar-refractivity contribution is 9.10. The van der Waals surface area contributed by atoms with Gasteiger partial charge in [0.2, 0.25) is 0 Å². The Hall–Kier alpha value is -1.14. The molecule has 0 bridgehead atoms. The van der Waals surface area contributed by atoms with Crippen molar-refractivity contribution in [2.75, 3.05) is 6.54 Å². The summed E-state index contributed by atoms with van der Waals surface area (Å²) >= 11 is 3.41. The van der Waals surface area contributed by atoms with Gasteiger partial charge in [0.05, 0.1) is 0 Å². The number of nitrogens with zero attached hydrogens (tertiary/aromatic N) is 3.